The van der Waals surface area contributed by atoms with Gasteiger partial charge in [-0.15, -0.1) is 0 Å². The van der Waals surface area contributed by atoms with Crippen molar-refractivity contribution in [3.63, 3.8) is 0 Å². The molecule has 0 bridgehead atoms. The van der Waals surface area contributed by atoms with Gasteiger partial charge in [0.05, 0.1) is 0 Å². The first-order chi connectivity index (χ1) is 6.52. The van der Waals surface area contributed by atoms with E-state index in [1.165, 1.54) is 32.1 Å². The quantitative estimate of drug-likeness (QED) is 0.603. The molecule has 0 heterocycles. The fourth-order valence-corrected chi connectivity index (χ4v) is 3.56. The molecule has 0 aromatic rings. The van der Waals surface area contributed by atoms with Crippen LogP contribution in [0.1, 0.15) is 66.7 Å². The molecule has 0 saturated heterocycles. The van der Waals surface area contributed by atoms with Gasteiger partial charge in [-0.1, -0.05) is 53.9 Å². The lowest BCUT2D eigenvalue weighted by molar-refractivity contribution is 0.0208. The van der Waals surface area contributed by atoms with Gasteiger partial charge in [0.15, 0.2) is 0 Å². The van der Waals surface area contributed by atoms with Crippen LogP contribution in [0.2, 0.25) is 0 Å². The molecular formula is C14H28. The minimum Gasteiger partial charge on any atom is -0.0651 e. The fraction of sp³-hybridized carbons (Fsp3) is 1.00. The van der Waals surface area contributed by atoms with Gasteiger partial charge in [0.25, 0.3) is 0 Å². The Labute approximate surface area is 90.5 Å². The minimum atomic E-state index is 0.626. The van der Waals surface area contributed by atoms with E-state index in [0.29, 0.717) is 5.41 Å². The van der Waals surface area contributed by atoms with Crippen LogP contribution in [-0.2, 0) is 0 Å². The van der Waals surface area contributed by atoms with Gasteiger partial charge in [0, 0.05) is 0 Å². The Balaban J connectivity index is 2.79. The van der Waals surface area contributed by atoms with Crippen LogP contribution in [0, 0.1) is 23.2 Å². The number of hydrogen-bond donors (Lipinski definition) is 0. The highest BCUT2D eigenvalue weighted by Gasteiger charge is 2.41. The van der Waals surface area contributed by atoms with Crippen LogP contribution in [0.25, 0.3) is 0 Å². The van der Waals surface area contributed by atoms with Crippen LogP contribution in [0.15, 0.2) is 0 Å². The first-order valence-corrected chi connectivity index (χ1v) is 6.52. The van der Waals surface area contributed by atoms with E-state index >= 15 is 0 Å². The second-order valence-corrected chi connectivity index (χ2v) is 5.91. The Kier molecular flexibility index (Phi) is 4.04. The Morgan fingerprint density at radius 1 is 1.21 bits per heavy atom. The van der Waals surface area contributed by atoms with Crippen molar-refractivity contribution in [2.45, 2.75) is 66.7 Å². The molecule has 0 aliphatic heterocycles. The average molecular weight is 196 g/mol. The van der Waals surface area contributed by atoms with Crippen molar-refractivity contribution in [3.05, 3.63) is 0 Å². The summed E-state index contributed by atoms with van der Waals surface area (Å²) < 4.78 is 0. The summed E-state index contributed by atoms with van der Waals surface area (Å²) >= 11 is 0. The zero-order chi connectivity index (χ0) is 10.8. The molecule has 1 rings (SSSR count). The maximum absolute atomic E-state index is 2.55. The third kappa shape index (κ3) is 2.15. The Bertz CT molecular complexity index is 171. The van der Waals surface area contributed by atoms with E-state index in [9.17, 15) is 0 Å². The van der Waals surface area contributed by atoms with Gasteiger partial charge in [-0.3, -0.25) is 0 Å². The Morgan fingerprint density at radius 3 is 2.36 bits per heavy atom. The van der Waals surface area contributed by atoms with Gasteiger partial charge < -0.3 is 0 Å². The molecule has 0 heteroatoms. The maximum Gasteiger partial charge on any atom is -0.0270 e. The lowest BCUT2D eigenvalue weighted by Crippen LogP contribution is -2.39. The van der Waals surface area contributed by atoms with E-state index in [1.54, 1.807) is 0 Å². The molecule has 0 aromatic carbocycles. The second-order valence-electron chi connectivity index (χ2n) is 5.91. The molecule has 3 atom stereocenters. The molecule has 0 aromatic heterocycles. The van der Waals surface area contributed by atoms with E-state index in [2.05, 4.69) is 34.6 Å². The molecule has 0 N–H and O–H groups in total. The van der Waals surface area contributed by atoms with Crippen LogP contribution >= 0.6 is 0 Å². The molecule has 1 fully saturated rings. The Hall–Kier alpha value is 0. The molecule has 1 aliphatic carbocycles. The normalized spacial score (nSPS) is 36.0. The van der Waals surface area contributed by atoms with Crippen LogP contribution in [-0.4, -0.2) is 0 Å². The summed E-state index contributed by atoms with van der Waals surface area (Å²) in [4.78, 5) is 0. The highest BCUT2D eigenvalue weighted by Crippen LogP contribution is 2.50. The van der Waals surface area contributed by atoms with E-state index in [1.807, 2.05) is 0 Å². The molecular weight excluding hydrogens is 168 g/mol. The topological polar surface area (TPSA) is 0 Å². The molecule has 14 heavy (non-hydrogen) atoms. The molecule has 0 amide bonds. The largest absolute Gasteiger partial charge is 0.0651 e. The highest BCUT2D eigenvalue weighted by molar-refractivity contribution is 4.90. The first kappa shape index (κ1) is 12.1. The van der Waals surface area contributed by atoms with Gasteiger partial charge in [-0.25, -0.2) is 0 Å². The summed E-state index contributed by atoms with van der Waals surface area (Å²) in [6.07, 6.45) is 7.21. The lowest BCUT2D eigenvalue weighted by atomic mass is 9.57. The summed E-state index contributed by atoms with van der Waals surface area (Å²) in [5, 5.41) is 0. The summed E-state index contributed by atoms with van der Waals surface area (Å²) in [5.74, 6) is 2.73. The van der Waals surface area contributed by atoms with E-state index < -0.39 is 0 Å². The summed E-state index contributed by atoms with van der Waals surface area (Å²) in [6.45, 7) is 12.2. The summed E-state index contributed by atoms with van der Waals surface area (Å²) in [6, 6.07) is 0. The third-order valence-corrected chi connectivity index (χ3v) is 4.87. The van der Waals surface area contributed by atoms with Gasteiger partial charge in [0.1, 0.15) is 0 Å². The molecule has 0 spiro atoms. The van der Waals surface area contributed by atoms with Gasteiger partial charge in [-0.05, 0) is 36.0 Å². The zero-order valence-corrected chi connectivity index (χ0v) is 10.8. The molecule has 1 aliphatic rings. The van der Waals surface area contributed by atoms with Crippen molar-refractivity contribution in [1.82, 2.24) is 0 Å². The van der Waals surface area contributed by atoms with Crippen molar-refractivity contribution < 1.29 is 0 Å². The summed E-state index contributed by atoms with van der Waals surface area (Å²) in [5.41, 5.74) is 0.626. The van der Waals surface area contributed by atoms with Crippen LogP contribution in [0.3, 0.4) is 0 Å². The molecule has 0 nitrogen and oxygen atoms in total. The van der Waals surface area contributed by atoms with Crippen molar-refractivity contribution >= 4 is 0 Å². The average Bonchev–Trinajstić information content (AvgIpc) is 2.16. The van der Waals surface area contributed by atoms with Crippen LogP contribution in [0.4, 0.5) is 0 Å². The minimum absolute atomic E-state index is 0.626. The predicted octanol–water partition coefficient (Wildman–Crippen LogP) is 4.89. The summed E-state index contributed by atoms with van der Waals surface area (Å²) in [7, 11) is 0. The first-order valence-electron chi connectivity index (χ1n) is 6.52. The maximum atomic E-state index is 2.55. The number of rotatable bonds is 3. The Morgan fingerprint density at radius 2 is 1.86 bits per heavy atom. The molecule has 0 radical (unpaired) electrons. The monoisotopic (exact) mass is 196 g/mol. The fourth-order valence-electron chi connectivity index (χ4n) is 3.56. The third-order valence-electron chi connectivity index (χ3n) is 4.87. The SMILES string of the molecule is CCC(C)C1(C)CCCCC1C(C)C. The van der Waals surface area contributed by atoms with Crippen molar-refractivity contribution in [1.29, 1.82) is 0 Å². The van der Waals surface area contributed by atoms with Crippen molar-refractivity contribution in [2.75, 3.05) is 0 Å². The molecule has 1 saturated carbocycles. The zero-order valence-electron chi connectivity index (χ0n) is 10.8. The van der Waals surface area contributed by atoms with Crippen LogP contribution < -0.4 is 0 Å². The van der Waals surface area contributed by atoms with Gasteiger partial charge in [0.2, 0.25) is 0 Å². The van der Waals surface area contributed by atoms with Gasteiger partial charge in [-0.2, -0.15) is 0 Å². The van der Waals surface area contributed by atoms with Crippen LogP contribution in [0.5, 0.6) is 0 Å². The lowest BCUT2D eigenvalue weighted by Gasteiger charge is -2.48. The highest BCUT2D eigenvalue weighted by atomic mass is 14.5. The van der Waals surface area contributed by atoms with Crippen molar-refractivity contribution in [3.8, 4) is 0 Å². The van der Waals surface area contributed by atoms with E-state index in [-0.39, 0.29) is 0 Å². The predicted molar refractivity (Wildman–Crippen MR) is 64.4 cm³/mol. The standard InChI is InChI=1S/C14H28/c1-6-12(4)14(5)10-8-7-9-13(14)11(2)3/h11-13H,6-10H2,1-5H3. The smallest absolute Gasteiger partial charge is 0.0270 e. The van der Waals surface area contributed by atoms with E-state index in [4.69, 9.17) is 0 Å². The second kappa shape index (κ2) is 4.68. The van der Waals surface area contributed by atoms with Crippen molar-refractivity contribution in [2.24, 2.45) is 23.2 Å². The van der Waals surface area contributed by atoms with E-state index in [0.717, 1.165) is 17.8 Å². The molecule has 3 unspecified atom stereocenters. The molecule has 84 valence electrons. The van der Waals surface area contributed by atoms with Gasteiger partial charge >= 0.3 is 0 Å². The number of hydrogen-bond acceptors (Lipinski definition) is 0.